The molecule has 0 aliphatic rings. The summed E-state index contributed by atoms with van der Waals surface area (Å²) in [7, 11) is 0. The molecule has 1 rings (SSSR count). The van der Waals surface area contributed by atoms with Crippen LogP contribution in [0.15, 0.2) is 30.3 Å². The Balaban J connectivity index is 3.24. The number of nitrogens with two attached hydrogens (primary N) is 1. The number of primary amides is 1. The molecule has 1 aromatic rings. The molecule has 0 fully saturated rings. The van der Waals surface area contributed by atoms with Gasteiger partial charge in [0, 0.05) is 0 Å². The Hall–Kier alpha value is -1.56. The maximum absolute atomic E-state index is 12.4. The highest BCUT2D eigenvalue weighted by Crippen LogP contribution is 2.35. The molecule has 0 aliphatic heterocycles. The van der Waals surface area contributed by atoms with Crippen molar-refractivity contribution in [1.29, 1.82) is 0 Å². The quantitative estimate of drug-likeness (QED) is 0.887. The lowest BCUT2D eigenvalue weighted by Crippen LogP contribution is -2.46. The molecule has 1 aromatic carbocycles. The van der Waals surface area contributed by atoms with Crippen LogP contribution in [-0.4, -0.2) is 12.3 Å². The van der Waals surface area contributed by atoms with Gasteiger partial charge in [0.2, 0.25) is 0 Å². The first-order valence-electron chi connectivity index (χ1n) is 4.94. The molecule has 94 valence electrons. The second-order valence-corrected chi connectivity index (χ2v) is 3.46. The molecule has 3 nitrogen and oxygen atoms in total. The summed E-state index contributed by atoms with van der Waals surface area (Å²) in [6.07, 6.45) is -5.13. The van der Waals surface area contributed by atoms with Gasteiger partial charge >= 0.3 is 6.36 Å². The van der Waals surface area contributed by atoms with Crippen molar-refractivity contribution in [2.45, 2.75) is 25.3 Å². The van der Waals surface area contributed by atoms with Gasteiger partial charge in [-0.05, 0) is 12.0 Å². The summed E-state index contributed by atoms with van der Waals surface area (Å²) in [6, 6.07) is 7.41. The molecule has 0 bridgehead atoms. The highest BCUT2D eigenvalue weighted by Gasteiger charge is 2.48. The zero-order valence-corrected chi connectivity index (χ0v) is 9.12. The van der Waals surface area contributed by atoms with E-state index < -0.39 is 17.9 Å². The summed E-state index contributed by atoms with van der Waals surface area (Å²) in [5.74, 6) is -1.16. The predicted octanol–water partition coefficient (Wildman–Crippen LogP) is 2.31. The molecule has 0 spiro atoms. The van der Waals surface area contributed by atoms with Gasteiger partial charge in [-0.15, -0.1) is 13.2 Å². The molecule has 2 N–H and O–H groups in total. The Morgan fingerprint density at radius 1 is 1.29 bits per heavy atom. The van der Waals surface area contributed by atoms with Crippen LogP contribution in [0.1, 0.15) is 18.9 Å². The molecule has 0 saturated heterocycles. The first kappa shape index (κ1) is 13.5. The molecule has 0 aromatic heterocycles. The third kappa shape index (κ3) is 2.97. The predicted molar refractivity (Wildman–Crippen MR) is 54.7 cm³/mol. The van der Waals surface area contributed by atoms with Crippen molar-refractivity contribution in [2.24, 2.45) is 5.73 Å². The highest BCUT2D eigenvalue weighted by molar-refractivity contribution is 5.85. The van der Waals surface area contributed by atoms with E-state index in [1.54, 1.807) is 6.07 Å². The van der Waals surface area contributed by atoms with Crippen LogP contribution < -0.4 is 5.73 Å². The Kier molecular flexibility index (Phi) is 3.77. The van der Waals surface area contributed by atoms with Gasteiger partial charge in [0.15, 0.2) is 5.60 Å². The molecule has 1 atom stereocenters. The number of halogens is 3. The summed E-state index contributed by atoms with van der Waals surface area (Å²) < 4.78 is 41.0. The SMILES string of the molecule is CCC(OC(F)(F)F)(C(N)=O)c1ccccc1. The van der Waals surface area contributed by atoms with Crippen LogP contribution in [0.25, 0.3) is 0 Å². The van der Waals surface area contributed by atoms with E-state index in [4.69, 9.17) is 5.73 Å². The molecule has 0 saturated carbocycles. The zero-order valence-electron chi connectivity index (χ0n) is 9.12. The molecule has 0 aliphatic carbocycles. The highest BCUT2D eigenvalue weighted by atomic mass is 19.4. The molecular weight excluding hydrogens is 235 g/mol. The molecular formula is C11H12F3NO2. The molecule has 1 amide bonds. The average molecular weight is 247 g/mol. The monoisotopic (exact) mass is 247 g/mol. The number of ether oxygens (including phenoxy) is 1. The summed E-state index contributed by atoms with van der Waals surface area (Å²) in [4.78, 5) is 11.3. The van der Waals surface area contributed by atoms with Crippen LogP contribution in [0.5, 0.6) is 0 Å². The normalized spacial score (nSPS) is 15.3. The fraction of sp³-hybridized carbons (Fsp3) is 0.364. The van der Waals surface area contributed by atoms with Gasteiger partial charge in [-0.25, -0.2) is 0 Å². The Morgan fingerprint density at radius 3 is 2.18 bits per heavy atom. The van der Waals surface area contributed by atoms with Crippen LogP contribution in [0.2, 0.25) is 0 Å². The Labute approximate surface area is 96.4 Å². The van der Waals surface area contributed by atoms with Crippen molar-refractivity contribution in [1.82, 2.24) is 0 Å². The number of rotatable bonds is 4. The summed E-state index contributed by atoms with van der Waals surface area (Å²) in [5, 5.41) is 0. The van der Waals surface area contributed by atoms with Crippen LogP contribution in [0, 0.1) is 0 Å². The fourth-order valence-electron chi connectivity index (χ4n) is 1.61. The number of carbonyl (C=O) groups excluding carboxylic acids is 1. The van der Waals surface area contributed by atoms with Crippen LogP contribution in [0.3, 0.4) is 0 Å². The first-order chi connectivity index (χ1) is 7.82. The fourth-order valence-corrected chi connectivity index (χ4v) is 1.61. The van der Waals surface area contributed by atoms with E-state index in [1.807, 2.05) is 0 Å². The maximum Gasteiger partial charge on any atom is 0.523 e. The number of benzene rings is 1. The van der Waals surface area contributed by atoms with E-state index in [9.17, 15) is 18.0 Å². The molecule has 17 heavy (non-hydrogen) atoms. The number of amides is 1. The van der Waals surface area contributed by atoms with Crippen LogP contribution >= 0.6 is 0 Å². The minimum absolute atomic E-state index is 0.0901. The van der Waals surface area contributed by atoms with Gasteiger partial charge in [0.05, 0.1) is 0 Å². The molecule has 6 heteroatoms. The maximum atomic E-state index is 12.4. The van der Waals surface area contributed by atoms with E-state index in [1.165, 1.54) is 31.2 Å². The van der Waals surface area contributed by atoms with Gasteiger partial charge in [-0.2, -0.15) is 0 Å². The standard InChI is InChI=1S/C11H12F3NO2/c1-2-10(9(15)16,17-11(12,13)14)8-6-4-3-5-7-8/h3-7H,2H2,1H3,(H2,15,16). The third-order valence-corrected chi connectivity index (χ3v) is 2.43. The average Bonchev–Trinajstić information content (AvgIpc) is 2.25. The minimum Gasteiger partial charge on any atom is -0.367 e. The lowest BCUT2D eigenvalue weighted by Gasteiger charge is -2.30. The van der Waals surface area contributed by atoms with Crippen molar-refractivity contribution in [3.05, 3.63) is 35.9 Å². The van der Waals surface area contributed by atoms with Gasteiger partial charge in [0.1, 0.15) is 0 Å². The summed E-state index contributed by atoms with van der Waals surface area (Å²) >= 11 is 0. The van der Waals surface area contributed by atoms with E-state index in [2.05, 4.69) is 4.74 Å². The van der Waals surface area contributed by atoms with Crippen molar-refractivity contribution in [3.63, 3.8) is 0 Å². The topological polar surface area (TPSA) is 52.3 Å². The van der Waals surface area contributed by atoms with Crippen LogP contribution in [-0.2, 0) is 15.1 Å². The largest absolute Gasteiger partial charge is 0.523 e. The second kappa shape index (κ2) is 4.75. The van der Waals surface area contributed by atoms with Gasteiger partial charge < -0.3 is 5.73 Å². The van der Waals surface area contributed by atoms with E-state index in [0.717, 1.165) is 0 Å². The van der Waals surface area contributed by atoms with Gasteiger partial charge in [0.25, 0.3) is 5.91 Å². The number of carbonyl (C=O) groups is 1. The van der Waals surface area contributed by atoms with Crippen molar-refractivity contribution < 1.29 is 22.7 Å². The third-order valence-electron chi connectivity index (χ3n) is 2.43. The first-order valence-corrected chi connectivity index (χ1v) is 4.94. The van der Waals surface area contributed by atoms with Crippen LogP contribution in [0.4, 0.5) is 13.2 Å². The summed E-state index contributed by atoms with van der Waals surface area (Å²) in [5.41, 5.74) is 2.98. The minimum atomic E-state index is -4.93. The molecule has 0 radical (unpaired) electrons. The number of hydrogen-bond donors (Lipinski definition) is 1. The molecule has 0 heterocycles. The Bertz CT molecular complexity index is 391. The lowest BCUT2D eigenvalue weighted by molar-refractivity contribution is -0.363. The van der Waals surface area contributed by atoms with Crippen molar-refractivity contribution >= 4 is 5.91 Å². The number of hydrogen-bond acceptors (Lipinski definition) is 2. The van der Waals surface area contributed by atoms with Gasteiger partial charge in [-0.1, -0.05) is 37.3 Å². The number of alkyl halides is 3. The van der Waals surface area contributed by atoms with Crippen molar-refractivity contribution in [3.8, 4) is 0 Å². The van der Waals surface area contributed by atoms with Crippen molar-refractivity contribution in [2.75, 3.05) is 0 Å². The lowest BCUT2D eigenvalue weighted by atomic mass is 9.90. The Morgan fingerprint density at radius 2 is 1.82 bits per heavy atom. The van der Waals surface area contributed by atoms with E-state index in [0.29, 0.717) is 0 Å². The smallest absolute Gasteiger partial charge is 0.367 e. The summed E-state index contributed by atoms with van der Waals surface area (Å²) in [6.45, 7) is 1.41. The van der Waals surface area contributed by atoms with E-state index in [-0.39, 0.29) is 12.0 Å². The second-order valence-electron chi connectivity index (χ2n) is 3.46. The molecule has 1 unspecified atom stereocenters. The van der Waals surface area contributed by atoms with E-state index >= 15 is 0 Å². The van der Waals surface area contributed by atoms with Gasteiger partial charge in [-0.3, -0.25) is 9.53 Å². The zero-order chi connectivity index (χ0) is 13.1.